The fourth-order valence-electron chi connectivity index (χ4n) is 8.58. The summed E-state index contributed by atoms with van der Waals surface area (Å²) in [6.45, 7) is 2.27. The van der Waals surface area contributed by atoms with Crippen LogP contribution < -0.4 is 10.5 Å². The van der Waals surface area contributed by atoms with Gasteiger partial charge in [0.05, 0.1) is 18.3 Å². The zero-order chi connectivity index (χ0) is 38.0. The highest BCUT2D eigenvalue weighted by molar-refractivity contribution is 5.42. The Labute approximate surface area is 319 Å². The molecular formula is C45H57N3O6. The van der Waals surface area contributed by atoms with E-state index in [0.29, 0.717) is 56.7 Å². The van der Waals surface area contributed by atoms with E-state index in [9.17, 15) is 25.5 Å². The number of aliphatic hydroxyl groups is 4. The van der Waals surface area contributed by atoms with Crippen molar-refractivity contribution in [3.05, 3.63) is 108 Å². The van der Waals surface area contributed by atoms with Crippen LogP contribution in [0.5, 0.6) is 11.5 Å². The Balaban J connectivity index is 1.15. The maximum Gasteiger partial charge on any atom is 0.161 e. The minimum atomic E-state index is -1.19. The molecule has 0 saturated heterocycles. The van der Waals surface area contributed by atoms with Gasteiger partial charge in [-0.2, -0.15) is 0 Å². The van der Waals surface area contributed by atoms with E-state index in [1.807, 2.05) is 36.5 Å². The van der Waals surface area contributed by atoms with Crippen molar-refractivity contribution < 1.29 is 30.3 Å². The molecule has 2 aliphatic carbocycles. The highest BCUT2D eigenvalue weighted by atomic mass is 16.5. The van der Waals surface area contributed by atoms with Crippen LogP contribution in [0.2, 0.25) is 0 Å². The molecule has 2 aromatic heterocycles. The van der Waals surface area contributed by atoms with E-state index in [-0.39, 0.29) is 35.2 Å². The van der Waals surface area contributed by atoms with Crippen LogP contribution in [0.25, 0.3) is 0 Å². The van der Waals surface area contributed by atoms with Crippen LogP contribution in [0.1, 0.15) is 86.6 Å². The number of nitrogens with one attached hydrogen (secondary N) is 1. The number of anilines is 1. The second kappa shape index (κ2) is 18.8. The van der Waals surface area contributed by atoms with Crippen LogP contribution in [0.4, 0.5) is 5.82 Å². The molecule has 2 heterocycles. The van der Waals surface area contributed by atoms with Gasteiger partial charge in [0, 0.05) is 42.3 Å². The number of hydrogen-bond acceptors (Lipinski definition) is 8. The van der Waals surface area contributed by atoms with Crippen molar-refractivity contribution in [3.63, 3.8) is 0 Å². The van der Waals surface area contributed by atoms with Crippen molar-refractivity contribution in [2.75, 3.05) is 5.73 Å². The lowest BCUT2D eigenvalue weighted by Gasteiger charge is -2.42. The van der Waals surface area contributed by atoms with Crippen molar-refractivity contribution in [2.45, 2.75) is 114 Å². The number of aromatic amines is 1. The van der Waals surface area contributed by atoms with Crippen LogP contribution in [0, 0.1) is 35.5 Å². The first-order valence-electron chi connectivity index (χ1n) is 19.7. The molecule has 0 spiro atoms. The molecule has 0 radical (unpaired) electrons. The number of H-pyrrole nitrogens is 1. The van der Waals surface area contributed by atoms with Gasteiger partial charge in [0.25, 0.3) is 0 Å². The Morgan fingerprint density at radius 2 is 1.70 bits per heavy atom. The van der Waals surface area contributed by atoms with Crippen LogP contribution >= 0.6 is 0 Å². The summed E-state index contributed by atoms with van der Waals surface area (Å²) in [5.74, 6) is 7.36. The molecule has 8 N–H and O–H groups in total. The molecule has 2 aliphatic rings. The van der Waals surface area contributed by atoms with Gasteiger partial charge in [0.15, 0.2) is 11.5 Å². The van der Waals surface area contributed by atoms with Gasteiger partial charge in [-0.15, -0.1) is 5.92 Å². The minimum Gasteiger partial charge on any atom is -0.504 e. The highest BCUT2D eigenvalue weighted by Gasteiger charge is 2.44. The van der Waals surface area contributed by atoms with Crippen molar-refractivity contribution >= 4 is 5.82 Å². The number of phenols is 1. The number of nitrogen functional groups attached to an aromatic ring is 1. The molecule has 0 bridgehead atoms. The van der Waals surface area contributed by atoms with Gasteiger partial charge < -0.3 is 41.0 Å². The summed E-state index contributed by atoms with van der Waals surface area (Å²) in [5, 5.41) is 55.7. The minimum absolute atomic E-state index is 0.0755. The number of phenolic OH excluding ortho intramolecular Hbond substituents is 1. The summed E-state index contributed by atoms with van der Waals surface area (Å²) in [7, 11) is 0. The molecule has 9 nitrogen and oxygen atoms in total. The van der Waals surface area contributed by atoms with Crippen LogP contribution in [-0.4, -0.2) is 66.0 Å². The van der Waals surface area contributed by atoms with E-state index in [2.05, 4.69) is 53.0 Å². The highest BCUT2D eigenvalue weighted by Crippen LogP contribution is 2.42. The number of aromatic hydroxyl groups is 1. The number of benzene rings is 2. The van der Waals surface area contributed by atoms with Gasteiger partial charge in [-0.3, -0.25) is 0 Å². The fourth-order valence-corrected chi connectivity index (χ4v) is 8.58. The van der Waals surface area contributed by atoms with Gasteiger partial charge in [0.1, 0.15) is 18.0 Å². The van der Waals surface area contributed by atoms with Crippen molar-refractivity contribution in [1.29, 1.82) is 0 Å². The van der Waals surface area contributed by atoms with E-state index < -0.39 is 30.5 Å². The number of rotatable bonds is 13. The van der Waals surface area contributed by atoms with E-state index in [0.717, 1.165) is 42.5 Å². The Kier molecular flexibility index (Phi) is 13.7. The molecule has 6 rings (SSSR count). The van der Waals surface area contributed by atoms with Crippen molar-refractivity contribution in [1.82, 2.24) is 9.97 Å². The smallest absolute Gasteiger partial charge is 0.161 e. The van der Waals surface area contributed by atoms with Crippen LogP contribution in [0.15, 0.2) is 85.2 Å². The molecule has 288 valence electrons. The first kappa shape index (κ1) is 39.4. The molecule has 1 saturated carbocycles. The maximum absolute atomic E-state index is 11.4. The number of hydrogen-bond donors (Lipinski definition) is 7. The number of aromatic nitrogens is 2. The average Bonchev–Trinajstić information content (AvgIpc) is 3.69. The molecule has 1 fully saturated rings. The van der Waals surface area contributed by atoms with Gasteiger partial charge in [-0.05, 0) is 116 Å². The van der Waals surface area contributed by atoms with Crippen LogP contribution in [0.3, 0.4) is 0 Å². The summed E-state index contributed by atoms with van der Waals surface area (Å²) < 4.78 is 6.50. The van der Waals surface area contributed by atoms with E-state index in [1.54, 1.807) is 24.4 Å². The van der Waals surface area contributed by atoms with Gasteiger partial charge in [0.2, 0.25) is 0 Å². The zero-order valence-corrected chi connectivity index (χ0v) is 31.3. The topological polar surface area (TPSA) is 165 Å². The largest absolute Gasteiger partial charge is 0.504 e. The summed E-state index contributed by atoms with van der Waals surface area (Å²) in [5.41, 5.74) is 10.2. The molecule has 0 aliphatic heterocycles. The zero-order valence-electron chi connectivity index (χ0n) is 31.3. The quantitative estimate of drug-likeness (QED) is 0.0783. The summed E-state index contributed by atoms with van der Waals surface area (Å²) >= 11 is 0. The summed E-state index contributed by atoms with van der Waals surface area (Å²) in [4.78, 5) is 7.46. The molecule has 0 amide bonds. The van der Waals surface area contributed by atoms with Crippen LogP contribution in [-0.2, 0) is 19.3 Å². The van der Waals surface area contributed by atoms with Gasteiger partial charge in [-0.1, -0.05) is 62.1 Å². The Hall–Kier alpha value is -4.33. The Bertz CT molecular complexity index is 1810. The first-order chi connectivity index (χ1) is 26.2. The van der Waals surface area contributed by atoms with E-state index in [4.69, 9.17) is 10.5 Å². The van der Waals surface area contributed by atoms with Crippen molar-refractivity contribution in [2.24, 2.45) is 23.7 Å². The first-order valence-corrected chi connectivity index (χ1v) is 19.7. The number of nitrogens with two attached hydrogens (primary N) is 1. The molecular weight excluding hydrogens is 679 g/mol. The van der Waals surface area contributed by atoms with Gasteiger partial charge in [-0.25, -0.2) is 4.98 Å². The predicted molar refractivity (Wildman–Crippen MR) is 211 cm³/mol. The molecule has 10 unspecified atom stereocenters. The third-order valence-electron chi connectivity index (χ3n) is 11.8. The normalized spacial score (nSPS) is 26.5. The van der Waals surface area contributed by atoms with Crippen molar-refractivity contribution in [3.8, 4) is 23.3 Å². The Morgan fingerprint density at radius 1 is 0.889 bits per heavy atom. The lowest BCUT2D eigenvalue weighted by Crippen LogP contribution is -2.51. The van der Waals surface area contributed by atoms with E-state index >= 15 is 0 Å². The monoisotopic (exact) mass is 735 g/mol. The molecule has 2 aromatic carbocycles. The number of ether oxygens (including phenoxy) is 1. The molecule has 54 heavy (non-hydrogen) atoms. The maximum atomic E-state index is 11.4. The third-order valence-corrected chi connectivity index (χ3v) is 11.8. The number of pyridine rings is 1. The lowest BCUT2D eigenvalue weighted by molar-refractivity contribution is -0.104. The average molecular weight is 736 g/mol. The van der Waals surface area contributed by atoms with E-state index in [1.165, 1.54) is 5.56 Å². The molecule has 9 heteroatoms. The second-order valence-corrected chi connectivity index (χ2v) is 15.6. The third kappa shape index (κ3) is 10.2. The SMILES string of the molecule is CC(Cc1ccccc1)C1C#CCC(C(O)CCc2ccc(O)c(OC3C(O)C(O)CCC3C(Cc3ccc[nH]3)c3ccnc(N)c3)c2)C(O)CCCC1. The number of aryl methyl sites for hydroxylation is 1. The second-order valence-electron chi connectivity index (χ2n) is 15.6. The number of aliphatic hydroxyl groups excluding tert-OH is 4. The summed E-state index contributed by atoms with van der Waals surface area (Å²) in [6.07, 6.45) is 6.57. The predicted octanol–water partition coefficient (Wildman–Crippen LogP) is 6.34. The van der Waals surface area contributed by atoms with Gasteiger partial charge >= 0.3 is 0 Å². The standard InChI is InChI=1S/C45H57N3O6/c1-29(25-30-9-3-2-4-10-30)32-11-5-6-15-38(49)36(14-7-12-32)39(50)19-16-31-17-20-40(51)42(26-31)54-45-35(18-21-41(52)44(45)53)37(28-34-13-8-23-47-34)33-22-24-48-43(46)27-33/h2-4,8-10,13,17,20,22-24,26-27,29,32,35-39,41,44-45,47,49-53H,5-6,11,14-16,18-19,21,25,28H2,1H3,(H2,46,48). The molecule has 4 aromatic rings. The molecule has 10 atom stereocenters. The number of nitrogens with zero attached hydrogens (tertiary/aromatic N) is 1. The fraction of sp³-hybridized carbons (Fsp3) is 0.489. The lowest BCUT2D eigenvalue weighted by atomic mass is 9.71. The summed E-state index contributed by atoms with van der Waals surface area (Å²) in [6, 6.07) is 23.4. The Morgan fingerprint density at radius 3 is 2.48 bits per heavy atom.